The summed E-state index contributed by atoms with van der Waals surface area (Å²) in [4.78, 5) is 47.8. The molecule has 0 bridgehead atoms. The summed E-state index contributed by atoms with van der Waals surface area (Å²) >= 11 is 0. The maximum atomic E-state index is 14.2. The van der Waals surface area contributed by atoms with Gasteiger partial charge in [-0.25, -0.2) is 9.69 Å². The van der Waals surface area contributed by atoms with Crippen LogP contribution in [0.5, 0.6) is 5.75 Å². The van der Waals surface area contributed by atoms with Crippen molar-refractivity contribution in [3.8, 4) is 5.75 Å². The minimum absolute atomic E-state index is 0.0420. The first-order valence-electron chi connectivity index (χ1n) is 13.2. The Kier molecular flexibility index (Phi) is 6.10. The van der Waals surface area contributed by atoms with Crippen molar-refractivity contribution in [2.45, 2.75) is 44.8 Å². The lowest BCUT2D eigenvalue weighted by atomic mass is 9.89. The Morgan fingerprint density at radius 2 is 1.77 bits per heavy atom. The lowest BCUT2D eigenvalue weighted by molar-refractivity contribution is -0.120. The predicted octanol–water partition coefficient (Wildman–Crippen LogP) is 5.19. The van der Waals surface area contributed by atoms with E-state index in [0.29, 0.717) is 23.4 Å². The van der Waals surface area contributed by atoms with Gasteiger partial charge in [-0.15, -0.1) is 0 Å². The lowest BCUT2D eigenvalue weighted by Gasteiger charge is -2.36. The SMILES string of the molecule is CCC(C)NC(=O)c1ccccc1N1C(=O)[C@@H]2Cc3c([nH]c4ccccc34)C(c3ccc(OC)cc3)N2C1=O. The van der Waals surface area contributed by atoms with Gasteiger partial charge in [-0.05, 0) is 54.8 Å². The number of hydrogen-bond donors (Lipinski definition) is 2. The highest BCUT2D eigenvalue weighted by atomic mass is 16.5. The predicted molar refractivity (Wildman–Crippen MR) is 149 cm³/mol. The van der Waals surface area contributed by atoms with Crippen LogP contribution in [0.15, 0.2) is 72.8 Å². The van der Waals surface area contributed by atoms with Crippen LogP contribution >= 0.6 is 0 Å². The van der Waals surface area contributed by atoms with Crippen LogP contribution in [0.2, 0.25) is 0 Å². The average Bonchev–Trinajstić information content (AvgIpc) is 3.46. The second-order valence-electron chi connectivity index (χ2n) is 10.1. The molecule has 2 aliphatic rings. The fraction of sp³-hybridized carbons (Fsp3) is 0.258. The van der Waals surface area contributed by atoms with Gasteiger partial charge < -0.3 is 15.0 Å². The van der Waals surface area contributed by atoms with E-state index < -0.39 is 18.1 Å². The summed E-state index contributed by atoms with van der Waals surface area (Å²) in [6.45, 7) is 3.91. The summed E-state index contributed by atoms with van der Waals surface area (Å²) in [5, 5.41) is 4.00. The van der Waals surface area contributed by atoms with E-state index in [1.54, 1.807) is 36.3 Å². The third-order valence-corrected chi connectivity index (χ3v) is 7.86. The highest BCUT2D eigenvalue weighted by molar-refractivity contribution is 6.24. The number of fused-ring (bicyclic) bond motifs is 4. The molecule has 0 spiro atoms. The molecule has 39 heavy (non-hydrogen) atoms. The van der Waals surface area contributed by atoms with Crippen molar-refractivity contribution in [2.24, 2.45) is 0 Å². The smallest absolute Gasteiger partial charge is 0.332 e. The molecule has 6 rings (SSSR count). The Balaban J connectivity index is 1.47. The number of imide groups is 1. The molecule has 2 aliphatic heterocycles. The normalized spacial score (nSPS) is 19.2. The Labute approximate surface area is 226 Å². The number of aromatic nitrogens is 1. The minimum Gasteiger partial charge on any atom is -0.497 e. The molecule has 1 saturated heterocycles. The van der Waals surface area contributed by atoms with Gasteiger partial charge in [0.15, 0.2) is 0 Å². The molecule has 4 aromatic rings. The first-order valence-corrected chi connectivity index (χ1v) is 13.2. The van der Waals surface area contributed by atoms with Gasteiger partial charge in [0.1, 0.15) is 17.8 Å². The maximum Gasteiger partial charge on any atom is 0.332 e. The molecule has 3 heterocycles. The van der Waals surface area contributed by atoms with Gasteiger partial charge in [0, 0.05) is 29.1 Å². The van der Waals surface area contributed by atoms with Crippen molar-refractivity contribution >= 4 is 34.4 Å². The molecule has 3 aromatic carbocycles. The average molecular weight is 523 g/mol. The fourth-order valence-corrected chi connectivity index (χ4v) is 5.69. The molecule has 2 N–H and O–H groups in total. The Morgan fingerprint density at radius 1 is 1.05 bits per heavy atom. The number of hydrogen-bond acceptors (Lipinski definition) is 4. The van der Waals surface area contributed by atoms with Crippen LogP contribution in [0.4, 0.5) is 10.5 Å². The Hall–Kier alpha value is -4.59. The topological polar surface area (TPSA) is 94.7 Å². The van der Waals surface area contributed by atoms with E-state index >= 15 is 0 Å². The standard InChI is InChI=1S/C31H30N4O4/c1-4-18(2)32-29(36)22-10-6-8-12-25(22)35-30(37)26-17-23-21-9-5-7-11-24(21)33-27(23)28(34(26)31(35)38)19-13-15-20(39-3)16-14-19/h5-16,18,26,28,33H,4,17H2,1-3H3,(H,32,36)/t18?,26-,28?/m0/s1. The van der Waals surface area contributed by atoms with Crippen molar-refractivity contribution in [1.29, 1.82) is 0 Å². The first kappa shape index (κ1) is 24.7. The minimum atomic E-state index is -0.706. The number of rotatable bonds is 6. The second-order valence-corrected chi connectivity index (χ2v) is 10.1. The van der Waals surface area contributed by atoms with Crippen molar-refractivity contribution in [2.75, 3.05) is 12.0 Å². The van der Waals surface area contributed by atoms with E-state index in [0.717, 1.165) is 34.1 Å². The molecule has 4 amide bonds. The van der Waals surface area contributed by atoms with Crippen molar-refractivity contribution in [3.63, 3.8) is 0 Å². The van der Waals surface area contributed by atoms with Crippen molar-refractivity contribution in [3.05, 3.63) is 95.2 Å². The number of nitrogens with zero attached hydrogens (tertiary/aromatic N) is 2. The maximum absolute atomic E-state index is 14.2. The van der Waals surface area contributed by atoms with Crippen LogP contribution in [0, 0.1) is 0 Å². The molecule has 0 saturated carbocycles. The molecule has 1 fully saturated rings. The van der Waals surface area contributed by atoms with E-state index in [2.05, 4.69) is 10.3 Å². The molecule has 3 atom stereocenters. The zero-order chi connectivity index (χ0) is 27.3. The van der Waals surface area contributed by atoms with Gasteiger partial charge in [-0.3, -0.25) is 14.5 Å². The van der Waals surface area contributed by atoms with Gasteiger partial charge >= 0.3 is 6.03 Å². The summed E-state index contributed by atoms with van der Waals surface area (Å²) < 4.78 is 5.36. The number of carbonyl (C=O) groups excluding carboxylic acids is 3. The van der Waals surface area contributed by atoms with Gasteiger partial charge in [0.2, 0.25) is 0 Å². The van der Waals surface area contributed by atoms with E-state index in [1.165, 1.54) is 4.90 Å². The Bertz CT molecular complexity index is 1590. The summed E-state index contributed by atoms with van der Waals surface area (Å²) in [7, 11) is 1.61. The molecule has 1 aromatic heterocycles. The number of ether oxygens (including phenoxy) is 1. The largest absolute Gasteiger partial charge is 0.497 e. The quantitative estimate of drug-likeness (QED) is 0.341. The number of carbonyl (C=O) groups is 3. The third-order valence-electron chi connectivity index (χ3n) is 7.86. The van der Waals surface area contributed by atoms with E-state index in [1.807, 2.05) is 62.4 Å². The van der Waals surface area contributed by atoms with E-state index in [9.17, 15) is 14.4 Å². The first-order chi connectivity index (χ1) is 18.9. The number of methoxy groups -OCH3 is 1. The number of aromatic amines is 1. The van der Waals surface area contributed by atoms with Gasteiger partial charge in [-0.1, -0.05) is 49.4 Å². The number of H-pyrrole nitrogens is 1. The summed E-state index contributed by atoms with van der Waals surface area (Å²) in [5.41, 5.74) is 4.33. The highest BCUT2D eigenvalue weighted by Crippen LogP contribution is 2.45. The van der Waals surface area contributed by atoms with Gasteiger partial charge in [0.05, 0.1) is 18.4 Å². The summed E-state index contributed by atoms with van der Waals surface area (Å²) in [6.07, 6.45) is 1.15. The zero-order valence-corrected chi connectivity index (χ0v) is 22.1. The lowest BCUT2D eigenvalue weighted by Crippen LogP contribution is -2.44. The van der Waals surface area contributed by atoms with E-state index in [-0.39, 0.29) is 17.9 Å². The molecule has 2 unspecified atom stereocenters. The van der Waals surface area contributed by atoms with Crippen LogP contribution in [0.25, 0.3) is 10.9 Å². The van der Waals surface area contributed by atoms with Gasteiger partial charge in [-0.2, -0.15) is 0 Å². The molecule has 0 aliphatic carbocycles. The molecular formula is C31H30N4O4. The van der Waals surface area contributed by atoms with Crippen LogP contribution in [0.1, 0.15) is 53.5 Å². The second kappa shape index (κ2) is 9.62. The number of anilines is 1. The van der Waals surface area contributed by atoms with Crippen molar-refractivity contribution < 1.29 is 19.1 Å². The van der Waals surface area contributed by atoms with Crippen molar-refractivity contribution in [1.82, 2.24) is 15.2 Å². The number of amides is 4. The molecule has 8 nitrogen and oxygen atoms in total. The molecule has 198 valence electrons. The monoisotopic (exact) mass is 522 g/mol. The van der Waals surface area contributed by atoms with Crippen LogP contribution < -0.4 is 15.0 Å². The number of benzene rings is 3. The highest BCUT2D eigenvalue weighted by Gasteiger charge is 2.53. The van der Waals surface area contributed by atoms with Crippen LogP contribution in [0.3, 0.4) is 0 Å². The molecular weight excluding hydrogens is 492 g/mol. The van der Waals surface area contributed by atoms with Gasteiger partial charge in [0.25, 0.3) is 11.8 Å². The van der Waals surface area contributed by atoms with Crippen LogP contribution in [-0.2, 0) is 11.2 Å². The molecule has 8 heteroatoms. The van der Waals surface area contributed by atoms with Crippen LogP contribution in [-0.4, -0.2) is 46.9 Å². The number of urea groups is 1. The Morgan fingerprint density at radius 3 is 2.51 bits per heavy atom. The zero-order valence-electron chi connectivity index (χ0n) is 22.1. The third kappa shape index (κ3) is 3.94. The number of nitrogens with one attached hydrogen (secondary N) is 2. The summed E-state index contributed by atoms with van der Waals surface area (Å²) in [5.74, 6) is 0.0567. The van der Waals surface area contributed by atoms with E-state index in [4.69, 9.17) is 4.74 Å². The molecule has 0 radical (unpaired) electrons. The summed E-state index contributed by atoms with van der Waals surface area (Å²) in [6, 6.07) is 20.6. The fourth-order valence-electron chi connectivity index (χ4n) is 5.69. The number of para-hydroxylation sites is 2.